The molecule has 0 bridgehead atoms. The molecule has 6 aromatic rings. The molecule has 32 heavy (non-hydrogen) atoms. The number of fused-ring (bicyclic) bond motifs is 3. The molecule has 0 amide bonds. The molecule has 0 saturated heterocycles. The second-order valence-corrected chi connectivity index (χ2v) is 8.95. The van der Waals surface area contributed by atoms with E-state index in [9.17, 15) is 0 Å². The highest BCUT2D eigenvalue weighted by molar-refractivity contribution is 7.26. The Morgan fingerprint density at radius 1 is 0.469 bits per heavy atom. The van der Waals surface area contributed by atoms with Crippen molar-refractivity contribution in [2.24, 2.45) is 0 Å². The van der Waals surface area contributed by atoms with Crippen LogP contribution >= 0.6 is 11.3 Å². The highest BCUT2D eigenvalue weighted by Crippen LogP contribution is 2.42. The molecule has 0 aliphatic heterocycles. The van der Waals surface area contributed by atoms with E-state index in [0.29, 0.717) is 0 Å². The Labute approximate surface area is 191 Å². The number of anilines is 2. The summed E-state index contributed by atoms with van der Waals surface area (Å²) in [7, 11) is 0. The molecular formula is C30H21NS. The Bertz CT molecular complexity index is 1550. The number of hydrogen-bond acceptors (Lipinski definition) is 2. The number of rotatable bonds is 4. The van der Waals surface area contributed by atoms with Crippen LogP contribution in [0.15, 0.2) is 121 Å². The summed E-state index contributed by atoms with van der Waals surface area (Å²) in [5, 5.41) is 6.19. The topological polar surface area (TPSA) is 12.0 Å². The molecule has 0 unspecified atom stereocenters. The summed E-state index contributed by atoms with van der Waals surface area (Å²) in [6, 6.07) is 43.1. The number of para-hydroxylation sites is 1. The van der Waals surface area contributed by atoms with Gasteiger partial charge in [0, 0.05) is 37.1 Å². The lowest BCUT2D eigenvalue weighted by Crippen LogP contribution is -1.91. The first-order valence-electron chi connectivity index (χ1n) is 10.8. The number of nitrogens with one attached hydrogen (secondary N) is 1. The van der Waals surface area contributed by atoms with Gasteiger partial charge in [0.15, 0.2) is 0 Å². The summed E-state index contributed by atoms with van der Waals surface area (Å²) in [4.78, 5) is 0. The molecule has 1 N–H and O–H groups in total. The van der Waals surface area contributed by atoms with Crippen LogP contribution in [0, 0.1) is 0 Å². The van der Waals surface area contributed by atoms with Gasteiger partial charge in [-0.05, 0) is 47.0 Å². The van der Waals surface area contributed by atoms with Gasteiger partial charge >= 0.3 is 0 Å². The van der Waals surface area contributed by atoms with E-state index < -0.39 is 0 Å². The van der Waals surface area contributed by atoms with Crippen molar-refractivity contribution in [1.82, 2.24) is 0 Å². The Balaban J connectivity index is 1.49. The van der Waals surface area contributed by atoms with E-state index in [0.717, 1.165) is 11.4 Å². The molecule has 0 aliphatic rings. The van der Waals surface area contributed by atoms with Gasteiger partial charge in [-0.2, -0.15) is 0 Å². The Morgan fingerprint density at radius 2 is 1.12 bits per heavy atom. The number of hydrogen-bond donors (Lipinski definition) is 1. The molecule has 0 atom stereocenters. The zero-order valence-corrected chi connectivity index (χ0v) is 18.3. The van der Waals surface area contributed by atoms with Crippen LogP contribution in [-0.4, -0.2) is 0 Å². The molecule has 5 aromatic carbocycles. The Hall–Kier alpha value is -3.88. The van der Waals surface area contributed by atoms with Crippen LogP contribution in [0.3, 0.4) is 0 Å². The van der Waals surface area contributed by atoms with Crippen LogP contribution < -0.4 is 5.32 Å². The van der Waals surface area contributed by atoms with Crippen molar-refractivity contribution in [3.8, 4) is 22.3 Å². The minimum atomic E-state index is 1.09. The Morgan fingerprint density at radius 3 is 2.03 bits per heavy atom. The van der Waals surface area contributed by atoms with E-state index in [2.05, 4.69) is 108 Å². The summed E-state index contributed by atoms with van der Waals surface area (Å²) < 4.78 is 2.68. The molecule has 0 aliphatic carbocycles. The lowest BCUT2D eigenvalue weighted by Gasteiger charge is -2.13. The summed E-state index contributed by atoms with van der Waals surface area (Å²) in [6.45, 7) is 0. The molecule has 0 saturated carbocycles. The van der Waals surface area contributed by atoms with E-state index in [4.69, 9.17) is 0 Å². The molecule has 1 aromatic heterocycles. The normalized spacial score (nSPS) is 11.1. The highest BCUT2D eigenvalue weighted by Gasteiger charge is 2.13. The Kier molecular flexibility index (Phi) is 4.71. The molecule has 0 radical (unpaired) electrons. The van der Waals surface area contributed by atoms with Gasteiger partial charge in [-0.3, -0.25) is 0 Å². The zero-order chi connectivity index (χ0) is 21.3. The minimum Gasteiger partial charge on any atom is -0.356 e. The molecule has 6 rings (SSSR count). The van der Waals surface area contributed by atoms with Gasteiger partial charge in [-0.25, -0.2) is 0 Å². The second-order valence-electron chi connectivity index (χ2n) is 7.90. The van der Waals surface area contributed by atoms with Crippen LogP contribution in [0.1, 0.15) is 0 Å². The number of benzene rings is 5. The van der Waals surface area contributed by atoms with Crippen molar-refractivity contribution >= 4 is 42.9 Å². The van der Waals surface area contributed by atoms with Crippen LogP contribution in [0.4, 0.5) is 11.4 Å². The lowest BCUT2D eigenvalue weighted by atomic mass is 9.93. The molecule has 0 fully saturated rings. The summed E-state index contributed by atoms with van der Waals surface area (Å²) >= 11 is 1.88. The van der Waals surface area contributed by atoms with Crippen molar-refractivity contribution < 1.29 is 0 Å². The third-order valence-electron chi connectivity index (χ3n) is 5.86. The van der Waals surface area contributed by atoms with Crippen LogP contribution in [-0.2, 0) is 0 Å². The number of thiophene rings is 1. The smallest absolute Gasteiger partial charge is 0.0434 e. The van der Waals surface area contributed by atoms with Gasteiger partial charge in [0.05, 0.1) is 0 Å². The van der Waals surface area contributed by atoms with Crippen molar-refractivity contribution in [2.45, 2.75) is 0 Å². The highest BCUT2D eigenvalue weighted by atomic mass is 32.1. The maximum Gasteiger partial charge on any atom is 0.0434 e. The van der Waals surface area contributed by atoms with Gasteiger partial charge in [-0.15, -0.1) is 11.3 Å². The predicted molar refractivity (Wildman–Crippen MR) is 140 cm³/mol. The van der Waals surface area contributed by atoms with E-state index in [1.54, 1.807) is 0 Å². The van der Waals surface area contributed by atoms with E-state index >= 15 is 0 Å². The van der Waals surface area contributed by atoms with Crippen molar-refractivity contribution in [2.75, 3.05) is 5.32 Å². The van der Waals surface area contributed by atoms with E-state index in [1.165, 1.54) is 42.4 Å². The maximum atomic E-state index is 3.52. The first-order valence-corrected chi connectivity index (χ1v) is 11.6. The zero-order valence-electron chi connectivity index (χ0n) is 17.5. The monoisotopic (exact) mass is 427 g/mol. The standard InChI is InChI=1S/C30H21NS/c1-2-11-22(12-3-1)31-23-13-8-10-21(20-23)24-14-4-5-15-25(24)27-17-9-18-28-26-16-6-7-19-29(26)32-30(27)28/h1-20,31H. The molecule has 152 valence electrons. The summed E-state index contributed by atoms with van der Waals surface area (Å²) in [5.74, 6) is 0. The van der Waals surface area contributed by atoms with Gasteiger partial charge in [0.2, 0.25) is 0 Å². The van der Waals surface area contributed by atoms with Crippen LogP contribution in [0.25, 0.3) is 42.4 Å². The SMILES string of the molecule is c1ccc(Nc2cccc(-c3ccccc3-c3cccc4c3sc3ccccc34)c2)cc1. The average Bonchev–Trinajstić information content (AvgIpc) is 3.24. The third-order valence-corrected chi connectivity index (χ3v) is 7.08. The first-order chi connectivity index (χ1) is 15.9. The molecule has 1 nitrogen and oxygen atoms in total. The fourth-order valence-corrected chi connectivity index (χ4v) is 5.61. The fraction of sp³-hybridized carbons (Fsp3) is 0. The fourth-order valence-electron chi connectivity index (χ4n) is 4.38. The van der Waals surface area contributed by atoms with Crippen LogP contribution in [0.2, 0.25) is 0 Å². The van der Waals surface area contributed by atoms with Crippen LogP contribution in [0.5, 0.6) is 0 Å². The van der Waals surface area contributed by atoms with Gasteiger partial charge in [0.1, 0.15) is 0 Å². The van der Waals surface area contributed by atoms with Crippen molar-refractivity contribution in [3.05, 3.63) is 121 Å². The van der Waals surface area contributed by atoms with Gasteiger partial charge in [0.25, 0.3) is 0 Å². The average molecular weight is 428 g/mol. The lowest BCUT2D eigenvalue weighted by molar-refractivity contribution is 1.54. The molecule has 0 spiro atoms. The van der Waals surface area contributed by atoms with Crippen molar-refractivity contribution in [1.29, 1.82) is 0 Å². The maximum absolute atomic E-state index is 3.52. The molecule has 2 heteroatoms. The van der Waals surface area contributed by atoms with Gasteiger partial charge in [-0.1, -0.05) is 91.0 Å². The first kappa shape index (κ1) is 18.9. The van der Waals surface area contributed by atoms with Gasteiger partial charge < -0.3 is 5.32 Å². The summed E-state index contributed by atoms with van der Waals surface area (Å²) in [6.07, 6.45) is 0. The van der Waals surface area contributed by atoms with Crippen molar-refractivity contribution in [3.63, 3.8) is 0 Å². The second kappa shape index (κ2) is 7.99. The summed E-state index contributed by atoms with van der Waals surface area (Å²) in [5.41, 5.74) is 7.19. The largest absolute Gasteiger partial charge is 0.356 e. The molecule has 1 heterocycles. The minimum absolute atomic E-state index is 1.09. The van der Waals surface area contributed by atoms with E-state index in [1.807, 2.05) is 29.5 Å². The van der Waals surface area contributed by atoms with E-state index in [-0.39, 0.29) is 0 Å². The predicted octanol–water partition coefficient (Wildman–Crippen LogP) is 9.13. The third kappa shape index (κ3) is 3.35. The molecular weight excluding hydrogens is 406 g/mol. The quantitative estimate of drug-likeness (QED) is 0.296.